The lowest BCUT2D eigenvalue weighted by molar-refractivity contribution is -0.123. The first-order valence-corrected chi connectivity index (χ1v) is 8.81. The summed E-state index contributed by atoms with van der Waals surface area (Å²) in [5.41, 5.74) is 3.81. The van der Waals surface area contributed by atoms with Gasteiger partial charge in [-0.25, -0.2) is 0 Å². The van der Waals surface area contributed by atoms with Crippen LogP contribution in [-0.2, 0) is 4.79 Å². The Labute approximate surface area is 156 Å². The summed E-state index contributed by atoms with van der Waals surface area (Å²) in [6.45, 7) is 0. The van der Waals surface area contributed by atoms with E-state index >= 15 is 0 Å². The molecule has 2 aromatic rings. The quantitative estimate of drug-likeness (QED) is 0.610. The van der Waals surface area contributed by atoms with Gasteiger partial charge < -0.3 is 0 Å². The van der Waals surface area contributed by atoms with Gasteiger partial charge in [0.15, 0.2) is 4.32 Å². The van der Waals surface area contributed by atoms with Crippen LogP contribution in [0.2, 0.25) is 0 Å². The Morgan fingerprint density at radius 2 is 1.96 bits per heavy atom. The molecule has 0 spiro atoms. The van der Waals surface area contributed by atoms with Gasteiger partial charge in [-0.15, -0.1) is 0 Å². The number of hydrogen-bond donors (Lipinski definition) is 1. The highest BCUT2D eigenvalue weighted by Crippen LogP contribution is 2.31. The second kappa shape index (κ2) is 7.25. The zero-order valence-corrected chi connectivity index (χ0v) is 15.3. The number of nitrogens with one attached hydrogen (secondary N) is 1. The third-order valence-electron chi connectivity index (χ3n) is 3.13. The molecule has 120 valence electrons. The summed E-state index contributed by atoms with van der Waals surface area (Å²) < 4.78 is 0.918. The van der Waals surface area contributed by atoms with Crippen molar-refractivity contribution >= 4 is 62.1 Å². The monoisotopic (exact) mass is 419 g/mol. The molecule has 2 heterocycles. The Bertz CT molecular complexity index is 855. The van der Waals surface area contributed by atoms with Gasteiger partial charge in [-0.1, -0.05) is 23.9 Å². The number of benzene rings is 1. The van der Waals surface area contributed by atoms with Crippen molar-refractivity contribution in [2.75, 3.05) is 0 Å². The van der Waals surface area contributed by atoms with Crippen molar-refractivity contribution in [3.05, 3.63) is 69.3 Å². The van der Waals surface area contributed by atoms with E-state index in [0.717, 1.165) is 22.3 Å². The number of thioether (sulfide) groups is 1. The molecule has 3 rings (SSSR count). The molecule has 0 unspecified atom stereocenters. The molecule has 1 aliphatic rings. The van der Waals surface area contributed by atoms with Gasteiger partial charge in [-0.05, 0) is 64.1 Å². The van der Waals surface area contributed by atoms with Gasteiger partial charge in [0, 0.05) is 16.9 Å². The van der Waals surface area contributed by atoms with Crippen LogP contribution in [0.3, 0.4) is 0 Å². The average Bonchev–Trinajstić information content (AvgIpc) is 2.83. The van der Waals surface area contributed by atoms with E-state index < -0.39 is 5.91 Å². The molecule has 1 fully saturated rings. The summed E-state index contributed by atoms with van der Waals surface area (Å²) in [6, 6.07) is 10.5. The Balaban J connectivity index is 1.79. The van der Waals surface area contributed by atoms with E-state index in [9.17, 15) is 9.59 Å². The molecule has 1 N–H and O–H groups in total. The first kappa shape index (κ1) is 16.8. The molecule has 0 atom stereocenters. The topological polar surface area (TPSA) is 62.3 Å². The number of aromatic nitrogens is 1. The molecular weight excluding hydrogens is 410 g/mol. The predicted molar refractivity (Wildman–Crippen MR) is 101 cm³/mol. The molecular formula is C16H10BrN3O2S2. The Kier molecular flexibility index (Phi) is 5.08. The summed E-state index contributed by atoms with van der Waals surface area (Å²) >= 11 is 9.65. The highest BCUT2D eigenvalue weighted by atomic mass is 79.9. The zero-order chi connectivity index (χ0) is 17.1. The summed E-state index contributed by atoms with van der Waals surface area (Å²) in [7, 11) is 0. The highest BCUT2D eigenvalue weighted by molar-refractivity contribution is 9.10. The molecule has 1 aromatic heterocycles. The van der Waals surface area contributed by atoms with Crippen LogP contribution in [-0.4, -0.2) is 26.1 Å². The third-order valence-corrected chi connectivity index (χ3v) is 5.12. The summed E-state index contributed by atoms with van der Waals surface area (Å²) in [6.07, 6.45) is 4.99. The van der Waals surface area contributed by atoms with Crippen LogP contribution in [0.4, 0.5) is 0 Å². The maximum absolute atomic E-state index is 12.5. The molecule has 8 heteroatoms. The average molecular weight is 420 g/mol. The number of thiocarbonyl (C=S) groups is 1. The Morgan fingerprint density at radius 1 is 1.25 bits per heavy atom. The number of carbonyl (C=O) groups excluding carboxylic acids is 2. The summed E-state index contributed by atoms with van der Waals surface area (Å²) in [5.74, 6) is -0.772. The van der Waals surface area contributed by atoms with E-state index in [-0.39, 0.29) is 10.2 Å². The molecule has 2 amide bonds. The van der Waals surface area contributed by atoms with E-state index in [1.165, 1.54) is 0 Å². The van der Waals surface area contributed by atoms with E-state index in [0.29, 0.717) is 14.9 Å². The van der Waals surface area contributed by atoms with E-state index in [1.54, 1.807) is 54.9 Å². The standard InChI is InChI=1S/C16H10BrN3O2S2/c17-12-4-2-1-3-11(12)14(21)19-20-15(22)13(24-16(20)23)9-10-5-7-18-8-6-10/h1-9H,(H,19,21). The predicted octanol–water partition coefficient (Wildman–Crippen LogP) is 3.39. The molecule has 1 saturated heterocycles. The fraction of sp³-hybridized carbons (Fsp3) is 0. The molecule has 1 aliphatic heterocycles. The lowest BCUT2D eigenvalue weighted by Gasteiger charge is -2.16. The molecule has 24 heavy (non-hydrogen) atoms. The maximum Gasteiger partial charge on any atom is 0.285 e. The van der Waals surface area contributed by atoms with Crippen molar-refractivity contribution in [1.29, 1.82) is 0 Å². The van der Waals surface area contributed by atoms with E-state index in [4.69, 9.17) is 12.2 Å². The van der Waals surface area contributed by atoms with Crippen LogP contribution in [0.15, 0.2) is 58.2 Å². The first-order valence-electron chi connectivity index (χ1n) is 6.80. The van der Waals surface area contributed by atoms with Gasteiger partial charge in [-0.2, -0.15) is 5.01 Å². The minimum Gasteiger partial charge on any atom is -0.267 e. The van der Waals surface area contributed by atoms with Crippen molar-refractivity contribution in [2.24, 2.45) is 0 Å². The third kappa shape index (κ3) is 3.55. The van der Waals surface area contributed by atoms with E-state index in [2.05, 4.69) is 26.3 Å². The summed E-state index contributed by atoms with van der Waals surface area (Å²) in [4.78, 5) is 29.2. The number of nitrogens with zero attached hydrogens (tertiary/aromatic N) is 2. The van der Waals surface area contributed by atoms with Crippen LogP contribution >= 0.6 is 39.9 Å². The second-order valence-corrected chi connectivity index (χ2v) is 7.25. The highest BCUT2D eigenvalue weighted by Gasteiger charge is 2.33. The van der Waals surface area contributed by atoms with Gasteiger partial charge >= 0.3 is 0 Å². The van der Waals surface area contributed by atoms with Gasteiger partial charge in [-0.3, -0.25) is 20.0 Å². The minimum absolute atomic E-state index is 0.278. The molecule has 0 bridgehead atoms. The number of hydrogen-bond acceptors (Lipinski definition) is 5. The van der Waals surface area contributed by atoms with Gasteiger partial charge in [0.05, 0.1) is 10.5 Å². The van der Waals surface area contributed by atoms with Gasteiger partial charge in [0.2, 0.25) is 0 Å². The number of carbonyl (C=O) groups is 2. The molecule has 0 saturated carbocycles. The van der Waals surface area contributed by atoms with Crippen LogP contribution in [0.1, 0.15) is 15.9 Å². The fourth-order valence-electron chi connectivity index (χ4n) is 1.98. The van der Waals surface area contributed by atoms with Crippen LogP contribution in [0, 0.1) is 0 Å². The smallest absolute Gasteiger partial charge is 0.267 e. The van der Waals surface area contributed by atoms with Gasteiger partial charge in [0.25, 0.3) is 11.8 Å². The first-order chi connectivity index (χ1) is 11.6. The number of pyridine rings is 1. The zero-order valence-electron chi connectivity index (χ0n) is 12.1. The van der Waals surface area contributed by atoms with E-state index in [1.807, 2.05) is 0 Å². The number of rotatable bonds is 3. The number of amides is 2. The largest absolute Gasteiger partial charge is 0.285 e. The second-order valence-electron chi connectivity index (χ2n) is 4.72. The molecule has 5 nitrogen and oxygen atoms in total. The molecule has 1 aromatic carbocycles. The normalized spacial score (nSPS) is 15.9. The minimum atomic E-state index is -0.413. The van der Waals surface area contributed by atoms with Crippen LogP contribution in [0.25, 0.3) is 6.08 Å². The number of halogens is 1. The van der Waals surface area contributed by atoms with Gasteiger partial charge in [0.1, 0.15) is 0 Å². The lowest BCUT2D eigenvalue weighted by atomic mass is 10.2. The van der Waals surface area contributed by atoms with Crippen LogP contribution in [0.5, 0.6) is 0 Å². The molecule has 0 aliphatic carbocycles. The van der Waals surface area contributed by atoms with Crippen molar-refractivity contribution in [2.45, 2.75) is 0 Å². The van der Waals surface area contributed by atoms with Crippen molar-refractivity contribution in [3.63, 3.8) is 0 Å². The molecule has 0 radical (unpaired) electrons. The fourth-order valence-corrected chi connectivity index (χ4v) is 3.63. The Hall–Kier alpha value is -2.03. The summed E-state index contributed by atoms with van der Waals surface area (Å²) in [5, 5.41) is 1.09. The van der Waals surface area contributed by atoms with Crippen molar-refractivity contribution in [1.82, 2.24) is 15.4 Å². The number of hydrazine groups is 1. The maximum atomic E-state index is 12.5. The van der Waals surface area contributed by atoms with Crippen LogP contribution < -0.4 is 5.43 Å². The van der Waals surface area contributed by atoms with Crippen molar-refractivity contribution in [3.8, 4) is 0 Å². The SMILES string of the molecule is O=C(NN1C(=O)C(=Cc2ccncc2)SC1=S)c1ccccc1Br. The van der Waals surface area contributed by atoms with Crippen molar-refractivity contribution < 1.29 is 9.59 Å². The Morgan fingerprint density at radius 3 is 2.67 bits per heavy atom. The lowest BCUT2D eigenvalue weighted by Crippen LogP contribution is -2.44.